The van der Waals surface area contributed by atoms with E-state index >= 15 is 0 Å². The highest BCUT2D eigenvalue weighted by atomic mass is 16.5. The minimum atomic E-state index is -0.413. The molecule has 1 heterocycles. The first-order chi connectivity index (χ1) is 7.84. The normalized spacial score (nSPS) is 23.4. The van der Waals surface area contributed by atoms with Crippen LogP contribution >= 0.6 is 0 Å². The first kappa shape index (κ1) is 12.4. The lowest BCUT2D eigenvalue weighted by Crippen LogP contribution is -2.32. The first-order valence-corrected chi connectivity index (χ1v) is 5.23. The molecule has 0 bridgehead atoms. The molecule has 0 unspecified atom stereocenters. The number of aliphatic hydroxyl groups excluding tert-OH is 1. The largest absolute Gasteiger partial charge is 0.390 e. The number of hydrogen-bond acceptors (Lipinski definition) is 2. The predicted octanol–water partition coefficient (Wildman–Crippen LogP) is 1.11. The summed E-state index contributed by atoms with van der Waals surface area (Å²) in [4.78, 5) is 0. The predicted molar refractivity (Wildman–Crippen MR) is 63.1 cm³/mol. The van der Waals surface area contributed by atoms with Gasteiger partial charge < -0.3 is 9.84 Å². The topological polar surface area (TPSA) is 29.5 Å². The van der Waals surface area contributed by atoms with Crippen LogP contribution in [-0.2, 0) is 4.74 Å². The van der Waals surface area contributed by atoms with E-state index in [2.05, 4.69) is 35.5 Å². The van der Waals surface area contributed by atoms with Crippen LogP contribution < -0.4 is 0 Å². The van der Waals surface area contributed by atoms with Gasteiger partial charge in [0.2, 0.25) is 0 Å². The molecule has 0 aromatic heterocycles. The van der Waals surface area contributed by atoms with Gasteiger partial charge in [-0.05, 0) is 55.6 Å². The van der Waals surface area contributed by atoms with Crippen molar-refractivity contribution in [2.24, 2.45) is 0 Å². The molecule has 0 radical (unpaired) electrons. The molecule has 1 fully saturated rings. The molecule has 2 nitrogen and oxygen atoms in total. The lowest BCUT2D eigenvalue weighted by atomic mass is 10.1. The minimum Gasteiger partial charge on any atom is -0.390 e. The molecule has 1 saturated heterocycles. The Hall–Kier alpha value is -1.66. The van der Waals surface area contributed by atoms with E-state index in [-0.39, 0.29) is 6.10 Å². The maximum absolute atomic E-state index is 9.57. The van der Waals surface area contributed by atoms with E-state index in [4.69, 9.17) is 4.74 Å². The van der Waals surface area contributed by atoms with Crippen molar-refractivity contribution in [3.8, 4) is 35.5 Å². The summed E-state index contributed by atoms with van der Waals surface area (Å²) in [6, 6.07) is 0. The van der Waals surface area contributed by atoms with Gasteiger partial charge >= 0.3 is 0 Å². The summed E-state index contributed by atoms with van der Waals surface area (Å²) in [6.07, 6.45) is 4.49. The Labute approximate surface area is 96.7 Å². The molecule has 2 heteroatoms. The van der Waals surface area contributed by atoms with E-state index in [1.807, 2.05) is 0 Å². The second-order valence-corrected chi connectivity index (χ2v) is 3.30. The lowest BCUT2D eigenvalue weighted by Gasteiger charge is -2.25. The van der Waals surface area contributed by atoms with Gasteiger partial charge in [0.25, 0.3) is 0 Å². The quantitative estimate of drug-likeness (QED) is 0.663. The van der Waals surface area contributed by atoms with E-state index in [9.17, 15) is 5.11 Å². The molecule has 0 saturated carbocycles. The van der Waals surface area contributed by atoms with Gasteiger partial charge in [0.1, 0.15) is 6.10 Å². The zero-order valence-corrected chi connectivity index (χ0v) is 9.29. The van der Waals surface area contributed by atoms with Gasteiger partial charge in [-0.2, -0.15) is 0 Å². The lowest BCUT2D eigenvalue weighted by molar-refractivity contribution is -0.0483. The molecule has 1 aliphatic heterocycles. The molecule has 2 atom stereocenters. The maximum atomic E-state index is 9.57. The number of hydrogen-bond donors (Lipinski definition) is 1. The van der Waals surface area contributed by atoms with Crippen LogP contribution in [0.1, 0.15) is 19.8 Å². The second kappa shape index (κ2) is 7.61. The molecule has 0 aliphatic carbocycles. The summed E-state index contributed by atoms with van der Waals surface area (Å²) in [6.45, 7) is 2.43. The highest BCUT2D eigenvalue weighted by Crippen LogP contribution is 2.14. The van der Waals surface area contributed by atoms with E-state index in [0.717, 1.165) is 12.8 Å². The summed E-state index contributed by atoms with van der Waals surface area (Å²) in [5, 5.41) is 9.57. The third-order valence-corrected chi connectivity index (χ3v) is 2.09. The Kier molecular flexibility index (Phi) is 5.90. The van der Waals surface area contributed by atoms with E-state index in [1.165, 1.54) is 0 Å². The monoisotopic (exact) mass is 214 g/mol. The average molecular weight is 214 g/mol. The van der Waals surface area contributed by atoms with Crippen molar-refractivity contribution in [1.82, 2.24) is 0 Å². The number of ether oxygens (including phenoxy) is 1. The molecule has 0 aromatic rings. The Balaban J connectivity index is 2.41. The number of rotatable bonds is 1. The molecule has 1 rings (SSSR count). The van der Waals surface area contributed by atoms with Crippen LogP contribution in [0.2, 0.25) is 0 Å². The summed E-state index contributed by atoms with van der Waals surface area (Å²) >= 11 is 0. The van der Waals surface area contributed by atoms with Gasteiger partial charge in [0, 0.05) is 6.61 Å². The zero-order chi connectivity index (χ0) is 11.6. The van der Waals surface area contributed by atoms with Gasteiger partial charge in [-0.25, -0.2) is 0 Å². The second-order valence-electron chi connectivity index (χ2n) is 3.30. The van der Waals surface area contributed by atoms with Crippen LogP contribution in [0, 0.1) is 35.5 Å². The van der Waals surface area contributed by atoms with Crippen LogP contribution in [0.3, 0.4) is 0 Å². The fourth-order valence-electron chi connectivity index (χ4n) is 1.32. The maximum Gasteiger partial charge on any atom is 0.102 e. The molecule has 0 spiro atoms. The standard InChI is InChI=1S/C14H14O2/c1-2-3-4-5-6-7-8-11-14-13(15)10-9-12-16-14/h8,11,13-15H,9-10,12H2,1H3/b11-8-/t13-,14+/m0/s1. The minimum absolute atomic E-state index is 0.230. The third kappa shape index (κ3) is 4.72. The molecule has 16 heavy (non-hydrogen) atoms. The molecule has 1 N–H and O–H groups in total. The number of allylic oxidation sites excluding steroid dienone is 1. The van der Waals surface area contributed by atoms with Crippen molar-refractivity contribution >= 4 is 0 Å². The van der Waals surface area contributed by atoms with Crippen molar-refractivity contribution in [3.63, 3.8) is 0 Å². The summed E-state index contributed by atoms with van der Waals surface area (Å²) in [5.41, 5.74) is 0. The van der Waals surface area contributed by atoms with Crippen molar-refractivity contribution in [3.05, 3.63) is 12.2 Å². The SMILES string of the molecule is CC#CC#CC#C/C=C\[C@H]1OCCC[C@@H]1O. The molecular weight excluding hydrogens is 200 g/mol. The van der Waals surface area contributed by atoms with Gasteiger partial charge in [0.05, 0.1) is 6.10 Å². The van der Waals surface area contributed by atoms with Gasteiger partial charge in [0.15, 0.2) is 0 Å². The molecule has 82 valence electrons. The van der Waals surface area contributed by atoms with Gasteiger partial charge in [-0.15, -0.1) is 0 Å². The Morgan fingerprint density at radius 1 is 1.25 bits per heavy atom. The van der Waals surface area contributed by atoms with Gasteiger partial charge in [-0.3, -0.25) is 0 Å². The van der Waals surface area contributed by atoms with E-state index in [1.54, 1.807) is 19.1 Å². The molecule has 1 aliphatic rings. The van der Waals surface area contributed by atoms with Crippen molar-refractivity contribution in [2.45, 2.75) is 32.0 Å². The number of aliphatic hydroxyl groups is 1. The highest BCUT2D eigenvalue weighted by molar-refractivity contribution is 5.37. The molecular formula is C14H14O2. The van der Waals surface area contributed by atoms with Crippen molar-refractivity contribution in [2.75, 3.05) is 6.61 Å². The Morgan fingerprint density at radius 3 is 2.81 bits per heavy atom. The van der Waals surface area contributed by atoms with Crippen molar-refractivity contribution < 1.29 is 9.84 Å². The van der Waals surface area contributed by atoms with Crippen LogP contribution in [0.4, 0.5) is 0 Å². The van der Waals surface area contributed by atoms with Crippen LogP contribution in [0.5, 0.6) is 0 Å². The zero-order valence-electron chi connectivity index (χ0n) is 9.29. The summed E-state index contributed by atoms with van der Waals surface area (Å²) in [5.74, 6) is 15.8. The van der Waals surface area contributed by atoms with Crippen LogP contribution in [0.15, 0.2) is 12.2 Å². The fourth-order valence-corrected chi connectivity index (χ4v) is 1.32. The molecule has 0 amide bonds. The fraction of sp³-hybridized carbons (Fsp3) is 0.429. The van der Waals surface area contributed by atoms with Crippen LogP contribution in [-0.4, -0.2) is 23.9 Å². The van der Waals surface area contributed by atoms with Gasteiger partial charge in [-0.1, -0.05) is 11.8 Å². The Bertz CT molecular complexity index is 415. The summed E-state index contributed by atoms with van der Waals surface area (Å²) in [7, 11) is 0. The third-order valence-electron chi connectivity index (χ3n) is 2.09. The average Bonchev–Trinajstić information content (AvgIpc) is 2.30. The Morgan fingerprint density at radius 2 is 2.06 bits per heavy atom. The van der Waals surface area contributed by atoms with E-state index in [0.29, 0.717) is 6.61 Å². The van der Waals surface area contributed by atoms with E-state index < -0.39 is 6.10 Å². The highest BCUT2D eigenvalue weighted by Gasteiger charge is 2.20. The molecule has 0 aromatic carbocycles. The van der Waals surface area contributed by atoms with Crippen LogP contribution in [0.25, 0.3) is 0 Å². The van der Waals surface area contributed by atoms with Crippen molar-refractivity contribution in [1.29, 1.82) is 0 Å². The smallest absolute Gasteiger partial charge is 0.102 e. The summed E-state index contributed by atoms with van der Waals surface area (Å²) < 4.78 is 5.37. The first-order valence-electron chi connectivity index (χ1n) is 5.23.